The quantitative estimate of drug-likeness (QED) is 0.200. The molecule has 1 heterocycles. The largest absolute Gasteiger partial charge is 0.456 e. The number of benzene rings is 7. The molecular weight excluding hydrogens is 534 g/mol. The van der Waals surface area contributed by atoms with E-state index in [0.29, 0.717) is 0 Å². The molecule has 208 valence electrons. The molecule has 0 bridgehead atoms. The maximum Gasteiger partial charge on any atom is 0.136 e. The molecule has 0 spiro atoms. The van der Waals surface area contributed by atoms with Crippen molar-refractivity contribution in [3.8, 4) is 33.6 Å². The van der Waals surface area contributed by atoms with Crippen molar-refractivity contribution in [1.29, 1.82) is 0 Å². The lowest BCUT2D eigenvalue weighted by molar-refractivity contribution is 0.632. The normalized spacial score (nSPS) is 11.2. The van der Waals surface area contributed by atoms with Crippen LogP contribution in [0.2, 0.25) is 0 Å². The van der Waals surface area contributed by atoms with E-state index in [-0.39, 0.29) is 0 Å². The predicted octanol–water partition coefficient (Wildman–Crippen LogP) is 12.1. The molecule has 7 aromatic carbocycles. The van der Waals surface area contributed by atoms with Crippen LogP contribution in [-0.4, -0.2) is 0 Å². The van der Waals surface area contributed by atoms with E-state index >= 15 is 0 Å². The Kier molecular flexibility index (Phi) is 6.51. The Morgan fingerprint density at radius 1 is 0.341 bits per heavy atom. The fourth-order valence-corrected chi connectivity index (χ4v) is 6.05. The summed E-state index contributed by atoms with van der Waals surface area (Å²) in [4.78, 5) is 2.31. The van der Waals surface area contributed by atoms with Crippen molar-refractivity contribution in [2.45, 2.75) is 0 Å². The highest BCUT2D eigenvalue weighted by Gasteiger charge is 2.16. The molecule has 0 aliphatic carbocycles. The van der Waals surface area contributed by atoms with Gasteiger partial charge in [0.25, 0.3) is 0 Å². The molecule has 8 rings (SSSR count). The van der Waals surface area contributed by atoms with Crippen LogP contribution in [0.15, 0.2) is 180 Å². The average molecular weight is 564 g/mol. The first-order valence-electron chi connectivity index (χ1n) is 14.9. The van der Waals surface area contributed by atoms with Crippen molar-refractivity contribution in [3.63, 3.8) is 0 Å². The number of furan rings is 1. The van der Waals surface area contributed by atoms with Gasteiger partial charge in [0.05, 0.1) is 0 Å². The summed E-state index contributed by atoms with van der Waals surface area (Å²) in [7, 11) is 0. The summed E-state index contributed by atoms with van der Waals surface area (Å²) in [5.74, 6) is 0.870. The van der Waals surface area contributed by atoms with Gasteiger partial charge in [-0.15, -0.1) is 0 Å². The average Bonchev–Trinajstić information content (AvgIpc) is 3.54. The van der Waals surface area contributed by atoms with E-state index in [9.17, 15) is 0 Å². The molecule has 0 aliphatic heterocycles. The Bertz CT molecular complexity index is 2180. The van der Waals surface area contributed by atoms with Gasteiger partial charge in [0.15, 0.2) is 0 Å². The van der Waals surface area contributed by atoms with Gasteiger partial charge < -0.3 is 9.32 Å². The minimum Gasteiger partial charge on any atom is -0.456 e. The van der Waals surface area contributed by atoms with Gasteiger partial charge in [0.2, 0.25) is 0 Å². The van der Waals surface area contributed by atoms with E-state index in [1.807, 2.05) is 18.2 Å². The summed E-state index contributed by atoms with van der Waals surface area (Å²) in [6.45, 7) is 0. The van der Waals surface area contributed by atoms with Crippen LogP contribution in [0.25, 0.3) is 55.3 Å². The first-order valence-corrected chi connectivity index (χ1v) is 14.9. The van der Waals surface area contributed by atoms with Gasteiger partial charge in [0, 0.05) is 28.0 Å². The van der Waals surface area contributed by atoms with Gasteiger partial charge in [-0.2, -0.15) is 0 Å². The lowest BCUT2D eigenvalue weighted by atomic mass is 9.93. The molecule has 8 aromatic rings. The Labute approximate surface area is 257 Å². The molecule has 2 nitrogen and oxygen atoms in total. The lowest BCUT2D eigenvalue weighted by Gasteiger charge is -2.26. The fraction of sp³-hybridized carbons (Fsp3) is 0. The number of hydrogen-bond donors (Lipinski definition) is 0. The molecule has 0 aliphatic rings. The van der Waals surface area contributed by atoms with Crippen molar-refractivity contribution in [2.75, 3.05) is 4.90 Å². The van der Waals surface area contributed by atoms with Crippen LogP contribution in [0.1, 0.15) is 0 Å². The SMILES string of the molecule is c1ccc(-c2ccc(-c3ccc(N(c4ccccc4)c4ccc5ccccc5c4)cc3)cc2-c2cc3ccccc3o2)cc1. The molecule has 2 heteroatoms. The zero-order chi connectivity index (χ0) is 29.3. The van der Waals surface area contributed by atoms with Crippen molar-refractivity contribution >= 4 is 38.8 Å². The third-order valence-corrected chi connectivity index (χ3v) is 8.26. The first-order chi connectivity index (χ1) is 21.8. The van der Waals surface area contributed by atoms with Gasteiger partial charge >= 0.3 is 0 Å². The van der Waals surface area contributed by atoms with E-state index in [1.54, 1.807) is 0 Å². The van der Waals surface area contributed by atoms with Crippen LogP contribution in [0.3, 0.4) is 0 Å². The van der Waals surface area contributed by atoms with Crippen molar-refractivity contribution in [2.24, 2.45) is 0 Å². The minimum absolute atomic E-state index is 0.870. The molecule has 0 radical (unpaired) electrons. The third-order valence-electron chi connectivity index (χ3n) is 8.26. The highest BCUT2D eigenvalue weighted by molar-refractivity contribution is 5.91. The highest BCUT2D eigenvalue weighted by Crippen LogP contribution is 2.40. The summed E-state index contributed by atoms with van der Waals surface area (Å²) >= 11 is 0. The number of rotatable bonds is 6. The Morgan fingerprint density at radius 3 is 1.73 bits per heavy atom. The second-order valence-corrected chi connectivity index (χ2v) is 11.0. The molecular formula is C42H29NO. The van der Waals surface area contributed by atoms with Crippen LogP contribution in [0.4, 0.5) is 17.1 Å². The summed E-state index contributed by atoms with van der Waals surface area (Å²) in [5.41, 5.74) is 9.93. The van der Waals surface area contributed by atoms with Gasteiger partial charge in [-0.1, -0.05) is 121 Å². The van der Waals surface area contributed by atoms with Gasteiger partial charge in [-0.25, -0.2) is 0 Å². The van der Waals surface area contributed by atoms with E-state index in [4.69, 9.17) is 4.42 Å². The second kappa shape index (κ2) is 11.1. The lowest BCUT2D eigenvalue weighted by Crippen LogP contribution is -2.09. The van der Waals surface area contributed by atoms with E-state index in [2.05, 4.69) is 163 Å². The molecule has 0 saturated carbocycles. The van der Waals surface area contributed by atoms with Gasteiger partial charge in [-0.05, 0) is 87.6 Å². The molecule has 44 heavy (non-hydrogen) atoms. The topological polar surface area (TPSA) is 16.4 Å². The Hall–Kier alpha value is -5.86. The smallest absolute Gasteiger partial charge is 0.136 e. The zero-order valence-electron chi connectivity index (χ0n) is 24.1. The Morgan fingerprint density at radius 2 is 0.955 bits per heavy atom. The maximum atomic E-state index is 6.38. The zero-order valence-corrected chi connectivity index (χ0v) is 24.1. The number of hydrogen-bond acceptors (Lipinski definition) is 2. The van der Waals surface area contributed by atoms with Crippen LogP contribution in [0, 0.1) is 0 Å². The van der Waals surface area contributed by atoms with Crippen LogP contribution in [0.5, 0.6) is 0 Å². The summed E-state index contributed by atoms with van der Waals surface area (Å²) in [6, 6.07) is 62.1. The second-order valence-electron chi connectivity index (χ2n) is 11.0. The van der Waals surface area contributed by atoms with Crippen molar-refractivity contribution in [1.82, 2.24) is 0 Å². The van der Waals surface area contributed by atoms with Gasteiger partial charge in [-0.3, -0.25) is 0 Å². The van der Waals surface area contributed by atoms with Crippen molar-refractivity contribution < 1.29 is 4.42 Å². The number of fused-ring (bicyclic) bond motifs is 2. The molecule has 0 unspecified atom stereocenters. The van der Waals surface area contributed by atoms with Crippen molar-refractivity contribution in [3.05, 3.63) is 176 Å². The van der Waals surface area contributed by atoms with Gasteiger partial charge in [0.1, 0.15) is 11.3 Å². The maximum absolute atomic E-state index is 6.38. The molecule has 0 fully saturated rings. The first kappa shape index (κ1) is 25.8. The summed E-state index contributed by atoms with van der Waals surface area (Å²) in [5, 5.41) is 3.56. The standard InChI is InChI=1S/C42H29NO/c1-3-12-32(13-4-1)39-26-22-34(28-40(39)42-29-35-15-9-10-18-41(35)44-42)31-19-23-37(24-20-31)43(36-16-5-2-6-17-36)38-25-21-30-11-7-8-14-33(30)27-38/h1-29H. The Balaban J connectivity index is 1.21. The fourth-order valence-electron chi connectivity index (χ4n) is 6.05. The molecule has 0 amide bonds. The van der Waals surface area contributed by atoms with E-state index in [1.165, 1.54) is 16.3 Å². The van der Waals surface area contributed by atoms with E-state index in [0.717, 1.165) is 56.0 Å². The number of para-hydroxylation sites is 2. The predicted molar refractivity (Wildman–Crippen MR) is 185 cm³/mol. The third kappa shape index (κ3) is 4.83. The van der Waals surface area contributed by atoms with Crippen LogP contribution in [-0.2, 0) is 0 Å². The summed E-state index contributed by atoms with van der Waals surface area (Å²) in [6.07, 6.45) is 0. The molecule has 0 N–H and O–H groups in total. The number of anilines is 3. The molecule has 0 atom stereocenters. The van der Waals surface area contributed by atoms with Crippen LogP contribution >= 0.6 is 0 Å². The summed E-state index contributed by atoms with van der Waals surface area (Å²) < 4.78 is 6.38. The monoisotopic (exact) mass is 563 g/mol. The van der Waals surface area contributed by atoms with E-state index < -0.39 is 0 Å². The highest BCUT2D eigenvalue weighted by atomic mass is 16.3. The molecule has 1 aromatic heterocycles. The molecule has 0 saturated heterocycles. The number of nitrogens with zero attached hydrogens (tertiary/aromatic N) is 1. The van der Waals surface area contributed by atoms with Crippen LogP contribution < -0.4 is 4.90 Å². The minimum atomic E-state index is 0.870.